The molecule has 2 rings (SSSR count). The fraction of sp³-hybridized carbons (Fsp3) is 0.100. The Labute approximate surface area is 90.3 Å². The third-order valence-electron chi connectivity index (χ3n) is 2.11. The van der Waals surface area contributed by atoms with Gasteiger partial charge in [0.25, 0.3) is 0 Å². The summed E-state index contributed by atoms with van der Waals surface area (Å²) in [5, 5.41) is 0.836. The van der Waals surface area contributed by atoms with Gasteiger partial charge in [-0.1, -0.05) is 12.1 Å². The number of hydrogen-bond donors (Lipinski definition) is 1. The maximum atomic E-state index is 10.8. The summed E-state index contributed by atoms with van der Waals surface area (Å²) in [6.45, 7) is 0. The SMILES string of the molecule is Nc1c(CCl)sc2cccc(C=O)c12. The molecule has 0 saturated carbocycles. The largest absolute Gasteiger partial charge is 0.397 e. The summed E-state index contributed by atoms with van der Waals surface area (Å²) in [4.78, 5) is 11.7. The summed E-state index contributed by atoms with van der Waals surface area (Å²) in [6, 6.07) is 5.55. The number of anilines is 1. The second kappa shape index (κ2) is 3.59. The number of benzene rings is 1. The summed E-state index contributed by atoms with van der Waals surface area (Å²) in [5.74, 6) is 0.392. The molecule has 0 amide bonds. The lowest BCUT2D eigenvalue weighted by Gasteiger charge is -1.96. The molecule has 0 aliphatic heterocycles. The predicted octanol–water partition coefficient (Wildman–Crippen LogP) is 3.03. The number of halogens is 1. The van der Waals surface area contributed by atoms with Crippen molar-refractivity contribution in [2.24, 2.45) is 0 Å². The molecule has 1 aromatic heterocycles. The first-order valence-corrected chi connectivity index (χ1v) is 5.44. The number of nitrogen functional groups attached to an aromatic ring is 1. The Balaban J connectivity index is 2.85. The molecule has 1 heterocycles. The lowest BCUT2D eigenvalue weighted by atomic mass is 10.1. The van der Waals surface area contributed by atoms with Crippen molar-refractivity contribution in [2.75, 3.05) is 5.73 Å². The van der Waals surface area contributed by atoms with Crippen LogP contribution in [0.3, 0.4) is 0 Å². The van der Waals surface area contributed by atoms with Crippen LogP contribution in [0, 0.1) is 0 Å². The molecule has 2 aromatic rings. The van der Waals surface area contributed by atoms with Gasteiger partial charge >= 0.3 is 0 Å². The number of rotatable bonds is 2. The average Bonchev–Trinajstić information content (AvgIpc) is 2.55. The van der Waals surface area contributed by atoms with Crippen LogP contribution in [0.1, 0.15) is 15.2 Å². The van der Waals surface area contributed by atoms with Crippen LogP contribution in [-0.4, -0.2) is 6.29 Å². The highest BCUT2D eigenvalue weighted by Crippen LogP contribution is 2.36. The first kappa shape index (κ1) is 9.49. The first-order chi connectivity index (χ1) is 6.77. The van der Waals surface area contributed by atoms with Crippen molar-refractivity contribution < 1.29 is 4.79 Å². The second-order valence-corrected chi connectivity index (χ2v) is 4.31. The smallest absolute Gasteiger partial charge is 0.150 e. The molecule has 0 atom stereocenters. The van der Waals surface area contributed by atoms with E-state index in [9.17, 15) is 4.79 Å². The Morgan fingerprint density at radius 2 is 2.29 bits per heavy atom. The molecule has 0 spiro atoms. The number of aldehydes is 1. The third-order valence-corrected chi connectivity index (χ3v) is 3.71. The average molecular weight is 226 g/mol. The van der Waals surface area contributed by atoms with E-state index in [1.54, 1.807) is 6.07 Å². The van der Waals surface area contributed by atoms with Crippen molar-refractivity contribution in [3.63, 3.8) is 0 Å². The van der Waals surface area contributed by atoms with E-state index in [1.165, 1.54) is 11.3 Å². The lowest BCUT2D eigenvalue weighted by Crippen LogP contribution is -1.89. The zero-order valence-electron chi connectivity index (χ0n) is 7.29. The van der Waals surface area contributed by atoms with Crippen molar-refractivity contribution in [1.29, 1.82) is 0 Å². The maximum absolute atomic E-state index is 10.8. The number of alkyl halides is 1. The summed E-state index contributed by atoms with van der Waals surface area (Å²) in [5.41, 5.74) is 7.17. The molecule has 0 aliphatic carbocycles. The highest BCUT2D eigenvalue weighted by molar-refractivity contribution is 7.20. The molecule has 0 saturated heterocycles. The number of hydrogen-bond acceptors (Lipinski definition) is 3. The Kier molecular flexibility index (Phi) is 2.44. The highest BCUT2D eigenvalue weighted by Gasteiger charge is 2.11. The van der Waals surface area contributed by atoms with Gasteiger partial charge in [0.1, 0.15) is 0 Å². The van der Waals surface area contributed by atoms with Gasteiger partial charge in [-0.2, -0.15) is 0 Å². The van der Waals surface area contributed by atoms with Gasteiger partial charge in [0.05, 0.1) is 11.6 Å². The fourth-order valence-electron chi connectivity index (χ4n) is 1.45. The molecule has 4 heteroatoms. The molecule has 2 nitrogen and oxygen atoms in total. The Hall–Kier alpha value is -1.06. The van der Waals surface area contributed by atoms with E-state index in [1.807, 2.05) is 12.1 Å². The number of carbonyl (C=O) groups excluding carboxylic acids is 1. The monoisotopic (exact) mass is 225 g/mol. The van der Waals surface area contributed by atoms with E-state index in [-0.39, 0.29) is 0 Å². The van der Waals surface area contributed by atoms with Crippen LogP contribution in [0.15, 0.2) is 18.2 Å². The van der Waals surface area contributed by atoms with Crippen LogP contribution in [0.25, 0.3) is 10.1 Å². The molecule has 2 N–H and O–H groups in total. The third kappa shape index (κ3) is 1.29. The number of fused-ring (bicyclic) bond motifs is 1. The van der Waals surface area contributed by atoms with Gasteiger partial charge < -0.3 is 5.73 Å². The molecule has 0 aliphatic rings. The van der Waals surface area contributed by atoms with Crippen LogP contribution in [0.2, 0.25) is 0 Å². The van der Waals surface area contributed by atoms with E-state index in [2.05, 4.69) is 0 Å². The summed E-state index contributed by atoms with van der Waals surface area (Å²) in [6.07, 6.45) is 0.823. The molecule has 0 bridgehead atoms. The predicted molar refractivity (Wildman–Crippen MR) is 61.2 cm³/mol. The standard InChI is InChI=1S/C10H8ClNOS/c11-4-8-10(12)9-6(5-13)2-1-3-7(9)14-8/h1-3,5H,4,12H2. The zero-order valence-corrected chi connectivity index (χ0v) is 8.86. The molecule has 0 radical (unpaired) electrons. The van der Waals surface area contributed by atoms with Crippen LogP contribution in [0.5, 0.6) is 0 Å². The molecular formula is C10H8ClNOS. The second-order valence-electron chi connectivity index (χ2n) is 2.91. The minimum Gasteiger partial charge on any atom is -0.397 e. The number of carbonyl (C=O) groups is 1. The Morgan fingerprint density at radius 3 is 2.93 bits per heavy atom. The Bertz CT molecular complexity index is 492. The molecule has 0 unspecified atom stereocenters. The van der Waals surface area contributed by atoms with E-state index in [4.69, 9.17) is 17.3 Å². The van der Waals surface area contributed by atoms with Crippen molar-refractivity contribution in [2.45, 2.75) is 5.88 Å². The number of nitrogens with two attached hydrogens (primary N) is 1. The molecule has 72 valence electrons. The molecule has 14 heavy (non-hydrogen) atoms. The Morgan fingerprint density at radius 1 is 1.50 bits per heavy atom. The van der Waals surface area contributed by atoms with Crippen LogP contribution >= 0.6 is 22.9 Å². The van der Waals surface area contributed by atoms with Gasteiger partial charge in [-0.15, -0.1) is 22.9 Å². The fourth-order valence-corrected chi connectivity index (χ4v) is 2.76. The van der Waals surface area contributed by atoms with Gasteiger partial charge in [-0.3, -0.25) is 4.79 Å². The van der Waals surface area contributed by atoms with Crippen molar-refractivity contribution >= 4 is 45.0 Å². The minimum atomic E-state index is 0.392. The van der Waals surface area contributed by atoms with Gasteiger partial charge in [0.2, 0.25) is 0 Å². The summed E-state index contributed by atoms with van der Waals surface area (Å²) < 4.78 is 1.02. The van der Waals surface area contributed by atoms with Gasteiger partial charge in [0.15, 0.2) is 6.29 Å². The van der Waals surface area contributed by atoms with Gasteiger partial charge in [-0.05, 0) is 6.07 Å². The van der Waals surface area contributed by atoms with E-state index in [0.717, 1.165) is 21.2 Å². The van der Waals surface area contributed by atoms with E-state index in [0.29, 0.717) is 17.1 Å². The highest BCUT2D eigenvalue weighted by atomic mass is 35.5. The summed E-state index contributed by atoms with van der Waals surface area (Å²) in [7, 11) is 0. The molecule has 1 aromatic carbocycles. The quantitative estimate of drug-likeness (QED) is 0.631. The summed E-state index contributed by atoms with van der Waals surface area (Å²) >= 11 is 7.28. The van der Waals surface area contributed by atoms with Crippen molar-refractivity contribution in [3.8, 4) is 0 Å². The molecule has 0 fully saturated rings. The van der Waals surface area contributed by atoms with E-state index >= 15 is 0 Å². The normalized spacial score (nSPS) is 10.6. The zero-order chi connectivity index (χ0) is 10.1. The van der Waals surface area contributed by atoms with Gasteiger partial charge in [-0.25, -0.2) is 0 Å². The van der Waals surface area contributed by atoms with Crippen molar-refractivity contribution in [3.05, 3.63) is 28.6 Å². The molecular weight excluding hydrogens is 218 g/mol. The van der Waals surface area contributed by atoms with Gasteiger partial charge in [0, 0.05) is 20.5 Å². The first-order valence-electron chi connectivity index (χ1n) is 4.09. The number of thiophene rings is 1. The maximum Gasteiger partial charge on any atom is 0.150 e. The van der Waals surface area contributed by atoms with E-state index < -0.39 is 0 Å². The lowest BCUT2D eigenvalue weighted by molar-refractivity contribution is 0.112. The van der Waals surface area contributed by atoms with Crippen molar-refractivity contribution in [1.82, 2.24) is 0 Å². The topological polar surface area (TPSA) is 43.1 Å². The van der Waals surface area contributed by atoms with Crippen LogP contribution in [-0.2, 0) is 5.88 Å². The van der Waals surface area contributed by atoms with Crippen LogP contribution < -0.4 is 5.73 Å². The van der Waals surface area contributed by atoms with Crippen LogP contribution in [0.4, 0.5) is 5.69 Å². The minimum absolute atomic E-state index is 0.392.